The van der Waals surface area contributed by atoms with Gasteiger partial charge in [-0.1, -0.05) is 6.92 Å². The SMILES string of the molecule is CC1CC(NS(=O)(=O)c2c(F)cc([N+](=O)[O-])cc2NN)C1. The molecule has 1 aromatic rings. The fourth-order valence-electron chi connectivity index (χ4n) is 2.34. The van der Waals surface area contributed by atoms with E-state index >= 15 is 0 Å². The largest absolute Gasteiger partial charge is 0.323 e. The van der Waals surface area contributed by atoms with Gasteiger partial charge in [0.15, 0.2) is 5.82 Å². The van der Waals surface area contributed by atoms with Gasteiger partial charge in [0.05, 0.1) is 16.7 Å². The summed E-state index contributed by atoms with van der Waals surface area (Å²) in [5.41, 5.74) is 1.05. The maximum Gasteiger partial charge on any atom is 0.274 e. The summed E-state index contributed by atoms with van der Waals surface area (Å²) < 4.78 is 40.8. The first-order chi connectivity index (χ1) is 9.74. The second-order valence-corrected chi connectivity index (χ2v) is 6.75. The van der Waals surface area contributed by atoms with Crippen LogP contribution in [0.15, 0.2) is 17.0 Å². The summed E-state index contributed by atoms with van der Waals surface area (Å²) >= 11 is 0. The molecule has 1 saturated carbocycles. The predicted octanol–water partition coefficient (Wildman–Crippen LogP) is 1.10. The molecule has 116 valence electrons. The first-order valence-electron chi connectivity index (χ1n) is 6.21. The maximum absolute atomic E-state index is 14.0. The minimum absolute atomic E-state index is 0.259. The molecule has 1 aromatic carbocycles. The average Bonchev–Trinajstić information content (AvgIpc) is 2.35. The molecule has 2 rings (SSSR count). The van der Waals surface area contributed by atoms with Crippen LogP contribution in [-0.4, -0.2) is 19.4 Å². The van der Waals surface area contributed by atoms with E-state index in [0.717, 1.165) is 6.07 Å². The van der Waals surface area contributed by atoms with Crippen molar-refractivity contribution in [1.82, 2.24) is 4.72 Å². The van der Waals surface area contributed by atoms with Crippen molar-refractivity contribution in [2.24, 2.45) is 11.8 Å². The Bertz CT molecular complexity index is 673. The normalized spacial score (nSPS) is 21.7. The molecule has 0 saturated heterocycles. The van der Waals surface area contributed by atoms with Gasteiger partial charge in [0.2, 0.25) is 10.0 Å². The van der Waals surface area contributed by atoms with Crippen molar-refractivity contribution in [1.29, 1.82) is 0 Å². The lowest BCUT2D eigenvalue weighted by atomic mass is 9.83. The Morgan fingerprint density at radius 2 is 2.05 bits per heavy atom. The van der Waals surface area contributed by atoms with Crippen LogP contribution in [0, 0.1) is 21.8 Å². The van der Waals surface area contributed by atoms with E-state index in [1.165, 1.54) is 0 Å². The van der Waals surface area contributed by atoms with E-state index in [2.05, 4.69) is 4.72 Å². The molecule has 0 bridgehead atoms. The van der Waals surface area contributed by atoms with Gasteiger partial charge in [-0.05, 0) is 18.8 Å². The van der Waals surface area contributed by atoms with Crippen molar-refractivity contribution in [2.45, 2.75) is 30.7 Å². The van der Waals surface area contributed by atoms with Gasteiger partial charge < -0.3 is 5.43 Å². The number of nitro groups is 1. The van der Waals surface area contributed by atoms with Crippen molar-refractivity contribution in [2.75, 3.05) is 5.43 Å². The van der Waals surface area contributed by atoms with Crippen molar-refractivity contribution < 1.29 is 17.7 Å². The van der Waals surface area contributed by atoms with Crippen LogP contribution in [0.2, 0.25) is 0 Å². The highest BCUT2D eigenvalue weighted by molar-refractivity contribution is 7.89. The van der Waals surface area contributed by atoms with Crippen LogP contribution < -0.4 is 16.0 Å². The van der Waals surface area contributed by atoms with E-state index in [-0.39, 0.29) is 11.7 Å². The summed E-state index contributed by atoms with van der Waals surface area (Å²) in [6, 6.07) is 1.17. The molecule has 1 aliphatic rings. The number of hydrazine groups is 1. The minimum atomic E-state index is -4.15. The standard InChI is InChI=1S/C11H15FN4O4S/c1-6-2-7(3-6)15-21(19,20)11-9(12)4-8(16(17)18)5-10(11)14-13/h4-7,14-15H,2-3,13H2,1H3. The number of nitrogens with two attached hydrogens (primary N) is 1. The molecule has 0 amide bonds. The zero-order valence-electron chi connectivity index (χ0n) is 11.2. The zero-order chi connectivity index (χ0) is 15.8. The van der Waals surface area contributed by atoms with Crippen LogP contribution in [0.25, 0.3) is 0 Å². The third-order valence-electron chi connectivity index (χ3n) is 3.36. The molecule has 0 atom stereocenters. The highest BCUT2D eigenvalue weighted by Gasteiger charge is 2.33. The Hall–Kier alpha value is -1.78. The number of halogens is 1. The molecular weight excluding hydrogens is 303 g/mol. The number of hydrogen-bond acceptors (Lipinski definition) is 6. The minimum Gasteiger partial charge on any atom is -0.323 e. The third kappa shape index (κ3) is 3.12. The number of hydrogen-bond donors (Lipinski definition) is 3. The van der Waals surface area contributed by atoms with E-state index < -0.39 is 31.3 Å². The molecule has 0 heterocycles. The molecule has 1 fully saturated rings. The van der Waals surface area contributed by atoms with Gasteiger partial charge in [-0.2, -0.15) is 0 Å². The van der Waals surface area contributed by atoms with Gasteiger partial charge in [-0.25, -0.2) is 17.5 Å². The quantitative estimate of drug-likeness (QED) is 0.424. The van der Waals surface area contributed by atoms with Crippen molar-refractivity contribution >= 4 is 21.4 Å². The van der Waals surface area contributed by atoms with Crippen molar-refractivity contribution in [3.63, 3.8) is 0 Å². The molecule has 8 nitrogen and oxygen atoms in total. The van der Waals surface area contributed by atoms with Gasteiger partial charge in [0, 0.05) is 12.1 Å². The summed E-state index contributed by atoms with van der Waals surface area (Å²) in [7, 11) is -4.15. The molecule has 0 aliphatic heterocycles. The van der Waals surface area contributed by atoms with E-state index in [1.54, 1.807) is 0 Å². The number of benzene rings is 1. The molecule has 21 heavy (non-hydrogen) atoms. The summed E-state index contributed by atoms with van der Waals surface area (Å²) in [6.45, 7) is 1.98. The summed E-state index contributed by atoms with van der Waals surface area (Å²) in [6.07, 6.45) is 1.33. The second-order valence-electron chi connectivity index (χ2n) is 5.10. The predicted molar refractivity (Wildman–Crippen MR) is 73.4 cm³/mol. The van der Waals surface area contributed by atoms with Gasteiger partial charge in [-0.3, -0.25) is 16.0 Å². The number of nitrogens with zero attached hydrogens (tertiary/aromatic N) is 1. The Balaban J connectivity index is 2.40. The fourth-order valence-corrected chi connectivity index (χ4v) is 3.81. The van der Waals surface area contributed by atoms with Gasteiger partial charge in [-0.15, -0.1) is 0 Å². The number of sulfonamides is 1. The number of anilines is 1. The number of nitrogen functional groups attached to an aromatic ring is 1. The van der Waals surface area contributed by atoms with Crippen LogP contribution in [0.4, 0.5) is 15.8 Å². The highest BCUT2D eigenvalue weighted by Crippen LogP contribution is 2.32. The number of nitro benzene ring substituents is 1. The third-order valence-corrected chi connectivity index (χ3v) is 4.96. The lowest BCUT2D eigenvalue weighted by molar-refractivity contribution is -0.385. The summed E-state index contributed by atoms with van der Waals surface area (Å²) in [5, 5.41) is 10.7. The lowest BCUT2D eigenvalue weighted by Crippen LogP contribution is -2.43. The zero-order valence-corrected chi connectivity index (χ0v) is 12.0. The topological polar surface area (TPSA) is 127 Å². The molecule has 1 aliphatic carbocycles. The van der Waals surface area contributed by atoms with E-state index in [0.29, 0.717) is 24.8 Å². The molecule has 4 N–H and O–H groups in total. The van der Waals surface area contributed by atoms with E-state index in [9.17, 15) is 22.9 Å². The molecule has 0 aromatic heterocycles. The van der Waals surface area contributed by atoms with Crippen LogP contribution in [0.3, 0.4) is 0 Å². The molecule has 10 heteroatoms. The monoisotopic (exact) mass is 318 g/mol. The highest BCUT2D eigenvalue weighted by atomic mass is 32.2. The maximum atomic E-state index is 14.0. The van der Waals surface area contributed by atoms with Crippen molar-refractivity contribution in [3.8, 4) is 0 Å². The average molecular weight is 318 g/mol. The van der Waals surface area contributed by atoms with Crippen LogP contribution in [0.5, 0.6) is 0 Å². The molecular formula is C11H15FN4O4S. The van der Waals surface area contributed by atoms with Gasteiger partial charge in [0.25, 0.3) is 5.69 Å². The smallest absolute Gasteiger partial charge is 0.274 e. The van der Waals surface area contributed by atoms with E-state index in [4.69, 9.17) is 5.84 Å². The summed E-state index contributed by atoms with van der Waals surface area (Å²) in [4.78, 5) is 9.11. The van der Waals surface area contributed by atoms with Gasteiger partial charge >= 0.3 is 0 Å². The van der Waals surface area contributed by atoms with Crippen molar-refractivity contribution in [3.05, 3.63) is 28.1 Å². The summed E-state index contributed by atoms with van der Waals surface area (Å²) in [5.74, 6) is 4.34. The Kier molecular flexibility index (Phi) is 4.12. The van der Waals surface area contributed by atoms with Crippen LogP contribution in [0.1, 0.15) is 19.8 Å². The second kappa shape index (κ2) is 5.54. The fraction of sp³-hybridized carbons (Fsp3) is 0.455. The molecule has 0 unspecified atom stereocenters. The molecule has 0 spiro atoms. The first kappa shape index (κ1) is 15.6. The van der Waals surface area contributed by atoms with E-state index in [1.807, 2.05) is 12.3 Å². The number of non-ortho nitro benzene ring substituents is 1. The van der Waals surface area contributed by atoms with Crippen LogP contribution >= 0.6 is 0 Å². The Labute approximate surface area is 120 Å². The van der Waals surface area contributed by atoms with Gasteiger partial charge in [0.1, 0.15) is 4.90 Å². The number of nitrogens with one attached hydrogen (secondary N) is 2. The number of rotatable bonds is 5. The Morgan fingerprint density at radius 3 is 2.52 bits per heavy atom. The lowest BCUT2D eigenvalue weighted by Gasteiger charge is -2.33. The first-order valence-corrected chi connectivity index (χ1v) is 7.69. The molecule has 0 radical (unpaired) electrons. The van der Waals surface area contributed by atoms with Crippen LogP contribution in [-0.2, 0) is 10.0 Å². The Morgan fingerprint density at radius 1 is 1.43 bits per heavy atom.